The van der Waals surface area contributed by atoms with Gasteiger partial charge < -0.3 is 14.2 Å². The summed E-state index contributed by atoms with van der Waals surface area (Å²) in [6.45, 7) is 2.38. The van der Waals surface area contributed by atoms with Gasteiger partial charge in [0, 0.05) is 31.4 Å². The summed E-state index contributed by atoms with van der Waals surface area (Å²) in [5, 5.41) is 0. The molecule has 104 valence electrons. The molecular formula is C15H15BrN2O2. The van der Waals surface area contributed by atoms with E-state index in [9.17, 15) is 4.79 Å². The van der Waals surface area contributed by atoms with Crippen molar-refractivity contribution in [2.75, 3.05) is 25.0 Å². The van der Waals surface area contributed by atoms with Crippen LogP contribution in [0.15, 0.2) is 45.7 Å². The zero-order chi connectivity index (χ0) is 14.1. The number of carbonyl (C=O) groups excluding carboxylic acids is 1. The predicted octanol–water partition coefficient (Wildman–Crippen LogP) is 3.13. The second-order valence-corrected chi connectivity index (χ2v) is 5.74. The number of carbonyl (C=O) groups is 1. The van der Waals surface area contributed by atoms with Crippen molar-refractivity contribution in [1.29, 1.82) is 0 Å². The monoisotopic (exact) mass is 334 g/mol. The highest BCUT2D eigenvalue weighted by molar-refractivity contribution is 9.10. The second-order valence-electron chi connectivity index (χ2n) is 4.96. The predicted molar refractivity (Wildman–Crippen MR) is 80.9 cm³/mol. The zero-order valence-corrected chi connectivity index (χ0v) is 12.8. The molecule has 0 aliphatic carbocycles. The third kappa shape index (κ3) is 2.51. The van der Waals surface area contributed by atoms with Gasteiger partial charge in [-0.25, -0.2) is 0 Å². The number of hydrogen-bond acceptors (Lipinski definition) is 3. The molecule has 0 spiro atoms. The van der Waals surface area contributed by atoms with Crippen LogP contribution in [0.2, 0.25) is 0 Å². The summed E-state index contributed by atoms with van der Waals surface area (Å²) in [7, 11) is 2.07. The lowest BCUT2D eigenvalue weighted by molar-refractivity contribution is 0.0985. The summed E-state index contributed by atoms with van der Waals surface area (Å²) in [6, 6.07) is 9.76. The van der Waals surface area contributed by atoms with Crippen molar-refractivity contribution in [2.24, 2.45) is 0 Å². The van der Waals surface area contributed by atoms with Crippen LogP contribution in [-0.4, -0.2) is 30.9 Å². The Hall–Kier alpha value is -1.59. The SMILES string of the molecule is CN1CCN(C(=O)c2coc(Br)c2)c2ccccc2C1. The van der Waals surface area contributed by atoms with Crippen molar-refractivity contribution < 1.29 is 9.21 Å². The van der Waals surface area contributed by atoms with E-state index < -0.39 is 0 Å². The highest BCUT2D eigenvalue weighted by Crippen LogP contribution is 2.26. The van der Waals surface area contributed by atoms with Gasteiger partial charge in [-0.2, -0.15) is 0 Å². The third-order valence-electron chi connectivity index (χ3n) is 3.49. The van der Waals surface area contributed by atoms with E-state index in [0.29, 0.717) is 16.8 Å². The van der Waals surface area contributed by atoms with Crippen LogP contribution in [0, 0.1) is 0 Å². The molecule has 1 aromatic carbocycles. The lowest BCUT2D eigenvalue weighted by atomic mass is 10.1. The minimum absolute atomic E-state index is 0.0257. The van der Waals surface area contributed by atoms with Crippen LogP contribution < -0.4 is 4.90 Å². The third-order valence-corrected chi connectivity index (χ3v) is 3.90. The van der Waals surface area contributed by atoms with E-state index in [0.717, 1.165) is 18.8 Å². The Bertz CT molecular complexity index is 638. The van der Waals surface area contributed by atoms with Gasteiger partial charge in [0.15, 0.2) is 4.67 Å². The number of anilines is 1. The molecule has 2 aromatic rings. The second kappa shape index (κ2) is 5.42. The number of amides is 1. The van der Waals surface area contributed by atoms with Crippen molar-refractivity contribution in [1.82, 2.24) is 4.90 Å². The van der Waals surface area contributed by atoms with Gasteiger partial charge in [0.05, 0.1) is 5.56 Å². The minimum atomic E-state index is -0.0257. The molecular weight excluding hydrogens is 320 g/mol. The summed E-state index contributed by atoms with van der Waals surface area (Å²) in [5.74, 6) is -0.0257. The van der Waals surface area contributed by atoms with E-state index in [1.807, 2.05) is 23.1 Å². The molecule has 0 saturated heterocycles. The quantitative estimate of drug-likeness (QED) is 0.803. The fourth-order valence-corrected chi connectivity index (χ4v) is 2.80. The van der Waals surface area contributed by atoms with E-state index in [1.165, 1.54) is 11.8 Å². The molecule has 0 fully saturated rings. The number of likely N-dealkylation sites (N-methyl/N-ethyl adjacent to an activating group) is 1. The molecule has 0 saturated carbocycles. The van der Waals surface area contributed by atoms with Gasteiger partial charge in [-0.15, -0.1) is 0 Å². The Balaban J connectivity index is 1.99. The van der Waals surface area contributed by atoms with Crippen molar-refractivity contribution >= 4 is 27.5 Å². The zero-order valence-electron chi connectivity index (χ0n) is 11.2. The topological polar surface area (TPSA) is 36.7 Å². The summed E-state index contributed by atoms with van der Waals surface area (Å²) >= 11 is 3.24. The Labute approximate surface area is 126 Å². The van der Waals surface area contributed by atoms with E-state index in [-0.39, 0.29) is 5.91 Å². The Morgan fingerprint density at radius 1 is 1.30 bits per heavy atom. The van der Waals surface area contributed by atoms with Gasteiger partial charge in [0.1, 0.15) is 6.26 Å². The fourth-order valence-electron chi connectivity index (χ4n) is 2.46. The number of benzene rings is 1. The first-order valence-corrected chi connectivity index (χ1v) is 7.27. The minimum Gasteiger partial charge on any atom is -0.457 e. The number of furan rings is 1. The van der Waals surface area contributed by atoms with Crippen LogP contribution >= 0.6 is 15.9 Å². The average Bonchev–Trinajstić information content (AvgIpc) is 2.79. The molecule has 4 nitrogen and oxygen atoms in total. The molecule has 5 heteroatoms. The molecule has 1 aliphatic heterocycles. The van der Waals surface area contributed by atoms with Gasteiger partial charge >= 0.3 is 0 Å². The molecule has 3 rings (SSSR count). The summed E-state index contributed by atoms with van der Waals surface area (Å²) < 4.78 is 5.75. The van der Waals surface area contributed by atoms with Crippen molar-refractivity contribution in [3.05, 3.63) is 52.4 Å². The number of hydrogen-bond donors (Lipinski definition) is 0. The maximum atomic E-state index is 12.7. The first-order valence-electron chi connectivity index (χ1n) is 6.47. The summed E-state index contributed by atoms with van der Waals surface area (Å²) in [5.41, 5.74) is 2.72. The number of para-hydroxylation sites is 1. The lowest BCUT2D eigenvalue weighted by Crippen LogP contribution is -2.34. The van der Waals surface area contributed by atoms with Gasteiger partial charge in [-0.05, 0) is 34.6 Å². The van der Waals surface area contributed by atoms with Crippen LogP contribution in [0.25, 0.3) is 0 Å². The van der Waals surface area contributed by atoms with E-state index in [2.05, 4.69) is 33.9 Å². The molecule has 1 aliphatic rings. The number of halogens is 1. The van der Waals surface area contributed by atoms with E-state index in [1.54, 1.807) is 6.07 Å². The largest absolute Gasteiger partial charge is 0.457 e. The van der Waals surface area contributed by atoms with E-state index in [4.69, 9.17) is 4.42 Å². The Morgan fingerprint density at radius 2 is 2.10 bits per heavy atom. The average molecular weight is 335 g/mol. The van der Waals surface area contributed by atoms with Crippen LogP contribution in [0.5, 0.6) is 0 Å². The maximum Gasteiger partial charge on any atom is 0.261 e. The molecule has 0 atom stereocenters. The molecule has 1 aromatic heterocycles. The number of rotatable bonds is 1. The number of nitrogens with zero attached hydrogens (tertiary/aromatic N) is 2. The Morgan fingerprint density at radius 3 is 2.85 bits per heavy atom. The highest BCUT2D eigenvalue weighted by atomic mass is 79.9. The lowest BCUT2D eigenvalue weighted by Gasteiger charge is -2.21. The Kier molecular flexibility index (Phi) is 3.63. The van der Waals surface area contributed by atoms with Gasteiger partial charge in [-0.3, -0.25) is 4.79 Å². The summed E-state index contributed by atoms with van der Waals surface area (Å²) in [4.78, 5) is 16.7. The first-order chi connectivity index (χ1) is 9.65. The highest BCUT2D eigenvalue weighted by Gasteiger charge is 2.24. The molecule has 0 bridgehead atoms. The summed E-state index contributed by atoms with van der Waals surface area (Å²) in [6.07, 6.45) is 1.49. The van der Waals surface area contributed by atoms with Crippen LogP contribution in [-0.2, 0) is 6.54 Å². The standard InChI is InChI=1S/C15H15BrN2O2/c1-17-6-7-18(13-5-3-2-4-11(13)9-17)15(19)12-8-14(16)20-10-12/h2-5,8,10H,6-7,9H2,1H3. The first kappa shape index (κ1) is 13.4. The van der Waals surface area contributed by atoms with Crippen LogP contribution in [0.4, 0.5) is 5.69 Å². The van der Waals surface area contributed by atoms with Crippen molar-refractivity contribution in [3.8, 4) is 0 Å². The fraction of sp³-hybridized carbons (Fsp3) is 0.267. The molecule has 20 heavy (non-hydrogen) atoms. The van der Waals surface area contributed by atoms with Gasteiger partial charge in [0.25, 0.3) is 5.91 Å². The maximum absolute atomic E-state index is 12.7. The van der Waals surface area contributed by atoms with Crippen LogP contribution in [0.3, 0.4) is 0 Å². The van der Waals surface area contributed by atoms with E-state index >= 15 is 0 Å². The van der Waals surface area contributed by atoms with Crippen LogP contribution in [0.1, 0.15) is 15.9 Å². The van der Waals surface area contributed by atoms with Crippen molar-refractivity contribution in [2.45, 2.75) is 6.54 Å². The molecule has 1 amide bonds. The molecule has 2 heterocycles. The smallest absolute Gasteiger partial charge is 0.261 e. The van der Waals surface area contributed by atoms with Gasteiger partial charge in [-0.1, -0.05) is 18.2 Å². The molecule has 0 unspecified atom stereocenters. The van der Waals surface area contributed by atoms with Crippen molar-refractivity contribution in [3.63, 3.8) is 0 Å². The molecule has 0 radical (unpaired) electrons. The number of fused-ring (bicyclic) bond motifs is 1. The van der Waals surface area contributed by atoms with Gasteiger partial charge in [0.2, 0.25) is 0 Å². The normalized spacial score (nSPS) is 15.8. The molecule has 0 N–H and O–H groups in total.